The van der Waals surface area contributed by atoms with Crippen LogP contribution in [0.4, 0.5) is 0 Å². The Labute approximate surface area is 174 Å². The first-order chi connectivity index (χ1) is 13.8. The van der Waals surface area contributed by atoms with E-state index in [4.69, 9.17) is 4.74 Å². The number of aryl methyl sites for hydroxylation is 1. The zero-order valence-corrected chi connectivity index (χ0v) is 18.4. The monoisotopic (exact) mass is 424 g/mol. The number of sulfonamides is 1. The van der Waals surface area contributed by atoms with Gasteiger partial charge in [-0.2, -0.15) is 4.31 Å². The van der Waals surface area contributed by atoms with E-state index in [1.807, 2.05) is 13.8 Å². The molecule has 0 spiro atoms. The molecule has 0 radical (unpaired) electrons. The van der Waals surface area contributed by atoms with E-state index in [9.17, 15) is 18.0 Å². The standard InChI is InChI=1S/C21H32N2O5S/c1-4-23(5-2)29(26,27)19-10-7-17(8-11-19)9-12-20(24)22-15-13-18(14-16-22)21(25)28-6-3/h7-8,10-11,18H,4-6,9,12-16H2,1-3H3. The molecule has 1 saturated heterocycles. The van der Waals surface area contributed by atoms with Gasteiger partial charge in [-0.15, -0.1) is 0 Å². The molecule has 0 bridgehead atoms. The molecule has 1 fully saturated rings. The number of hydrogen-bond acceptors (Lipinski definition) is 5. The third-order valence-electron chi connectivity index (χ3n) is 5.36. The molecule has 8 heteroatoms. The van der Waals surface area contributed by atoms with Crippen molar-refractivity contribution in [1.82, 2.24) is 9.21 Å². The number of benzene rings is 1. The van der Waals surface area contributed by atoms with Gasteiger partial charge in [0.1, 0.15) is 0 Å². The minimum absolute atomic E-state index is 0.0622. The van der Waals surface area contributed by atoms with Crippen molar-refractivity contribution in [3.05, 3.63) is 29.8 Å². The lowest BCUT2D eigenvalue weighted by molar-refractivity contribution is -0.151. The van der Waals surface area contributed by atoms with Crippen LogP contribution in [0.5, 0.6) is 0 Å². The number of rotatable bonds is 9. The Kier molecular flexibility index (Phi) is 8.64. The maximum Gasteiger partial charge on any atom is 0.309 e. The van der Waals surface area contributed by atoms with Crippen molar-refractivity contribution in [1.29, 1.82) is 0 Å². The molecule has 1 aliphatic heterocycles. The van der Waals surface area contributed by atoms with E-state index < -0.39 is 10.0 Å². The second kappa shape index (κ2) is 10.7. The molecule has 0 atom stereocenters. The van der Waals surface area contributed by atoms with Gasteiger partial charge in [-0.1, -0.05) is 26.0 Å². The molecule has 0 saturated carbocycles. The van der Waals surface area contributed by atoms with Gasteiger partial charge in [-0.3, -0.25) is 9.59 Å². The highest BCUT2D eigenvalue weighted by molar-refractivity contribution is 7.89. The Morgan fingerprint density at radius 3 is 2.17 bits per heavy atom. The van der Waals surface area contributed by atoms with Crippen LogP contribution in [-0.2, 0) is 30.8 Å². The van der Waals surface area contributed by atoms with Crippen molar-refractivity contribution in [2.24, 2.45) is 5.92 Å². The van der Waals surface area contributed by atoms with Crippen molar-refractivity contribution in [2.45, 2.75) is 51.3 Å². The molecule has 1 aliphatic rings. The summed E-state index contributed by atoms with van der Waals surface area (Å²) in [5.74, 6) is -0.217. The van der Waals surface area contributed by atoms with Crippen LogP contribution < -0.4 is 0 Å². The molecule has 0 unspecified atom stereocenters. The summed E-state index contributed by atoms with van der Waals surface area (Å²) in [5.41, 5.74) is 0.929. The number of ether oxygens (including phenoxy) is 1. The van der Waals surface area contributed by atoms with Crippen LogP contribution in [-0.4, -0.2) is 62.3 Å². The van der Waals surface area contributed by atoms with E-state index in [-0.39, 0.29) is 22.7 Å². The third kappa shape index (κ3) is 6.02. The van der Waals surface area contributed by atoms with Crippen molar-refractivity contribution < 1.29 is 22.7 Å². The van der Waals surface area contributed by atoms with Gasteiger partial charge in [0.25, 0.3) is 0 Å². The van der Waals surface area contributed by atoms with Gasteiger partial charge in [0, 0.05) is 32.6 Å². The Hall–Kier alpha value is -1.93. The lowest BCUT2D eigenvalue weighted by Gasteiger charge is -2.31. The van der Waals surface area contributed by atoms with Gasteiger partial charge in [-0.25, -0.2) is 8.42 Å². The summed E-state index contributed by atoms with van der Waals surface area (Å²) >= 11 is 0. The number of esters is 1. The van der Waals surface area contributed by atoms with E-state index in [0.29, 0.717) is 58.5 Å². The Bertz CT molecular complexity index is 780. The Morgan fingerprint density at radius 1 is 1.07 bits per heavy atom. The second-order valence-electron chi connectivity index (χ2n) is 7.14. The largest absolute Gasteiger partial charge is 0.466 e. The van der Waals surface area contributed by atoms with Crippen LogP contribution in [0.1, 0.15) is 45.6 Å². The molecular formula is C21H32N2O5S. The van der Waals surface area contributed by atoms with E-state index in [2.05, 4.69) is 0 Å². The number of nitrogens with zero attached hydrogens (tertiary/aromatic N) is 2. The van der Waals surface area contributed by atoms with Gasteiger partial charge in [0.05, 0.1) is 17.4 Å². The van der Waals surface area contributed by atoms with Crippen molar-refractivity contribution in [2.75, 3.05) is 32.8 Å². The van der Waals surface area contributed by atoms with Crippen LogP contribution in [0, 0.1) is 5.92 Å². The number of hydrogen-bond donors (Lipinski definition) is 0. The molecule has 1 aromatic carbocycles. The fourth-order valence-electron chi connectivity index (χ4n) is 3.57. The van der Waals surface area contributed by atoms with Crippen molar-refractivity contribution >= 4 is 21.9 Å². The quantitative estimate of drug-likeness (QED) is 0.569. The van der Waals surface area contributed by atoms with Gasteiger partial charge >= 0.3 is 5.97 Å². The molecule has 29 heavy (non-hydrogen) atoms. The summed E-state index contributed by atoms with van der Waals surface area (Å²) < 4.78 is 31.5. The SMILES string of the molecule is CCOC(=O)C1CCN(C(=O)CCc2ccc(S(=O)(=O)N(CC)CC)cc2)CC1. The zero-order chi connectivity index (χ0) is 21.4. The van der Waals surface area contributed by atoms with Crippen LogP contribution >= 0.6 is 0 Å². The van der Waals surface area contributed by atoms with Gasteiger partial charge in [-0.05, 0) is 43.9 Å². The number of likely N-dealkylation sites (tertiary alicyclic amines) is 1. The summed E-state index contributed by atoms with van der Waals surface area (Å²) in [4.78, 5) is 26.3. The summed E-state index contributed by atoms with van der Waals surface area (Å²) in [7, 11) is -3.46. The summed E-state index contributed by atoms with van der Waals surface area (Å²) in [6.07, 6.45) is 2.21. The molecule has 0 aliphatic carbocycles. The molecule has 162 valence electrons. The predicted molar refractivity (Wildman–Crippen MR) is 111 cm³/mol. The van der Waals surface area contributed by atoms with E-state index in [1.54, 1.807) is 36.1 Å². The van der Waals surface area contributed by atoms with Gasteiger partial charge < -0.3 is 9.64 Å². The van der Waals surface area contributed by atoms with Gasteiger partial charge in [0.2, 0.25) is 15.9 Å². The zero-order valence-electron chi connectivity index (χ0n) is 17.6. The minimum Gasteiger partial charge on any atom is -0.466 e. The maximum absolute atomic E-state index is 12.5. The van der Waals surface area contributed by atoms with Gasteiger partial charge in [0.15, 0.2) is 0 Å². The molecule has 0 N–H and O–H groups in total. The van der Waals surface area contributed by atoms with E-state index >= 15 is 0 Å². The number of carbonyl (C=O) groups excluding carboxylic acids is 2. The first-order valence-corrected chi connectivity index (χ1v) is 11.8. The first kappa shape index (κ1) is 23.3. The van der Waals surface area contributed by atoms with Crippen molar-refractivity contribution in [3.63, 3.8) is 0 Å². The normalized spacial score (nSPS) is 15.5. The lowest BCUT2D eigenvalue weighted by atomic mass is 9.96. The molecule has 1 aromatic rings. The van der Waals surface area contributed by atoms with Crippen molar-refractivity contribution in [3.8, 4) is 0 Å². The number of piperidine rings is 1. The average molecular weight is 425 g/mol. The fraction of sp³-hybridized carbons (Fsp3) is 0.619. The summed E-state index contributed by atoms with van der Waals surface area (Å²) in [6.45, 7) is 7.82. The topological polar surface area (TPSA) is 84.0 Å². The molecule has 2 rings (SSSR count). The smallest absolute Gasteiger partial charge is 0.309 e. The van der Waals surface area contributed by atoms with E-state index in [0.717, 1.165) is 5.56 Å². The molecule has 1 heterocycles. The molecular weight excluding hydrogens is 392 g/mol. The van der Waals surface area contributed by atoms with E-state index in [1.165, 1.54) is 4.31 Å². The van der Waals surface area contributed by atoms with Crippen LogP contribution in [0.25, 0.3) is 0 Å². The molecule has 0 aromatic heterocycles. The second-order valence-corrected chi connectivity index (χ2v) is 9.08. The first-order valence-electron chi connectivity index (χ1n) is 10.4. The fourth-order valence-corrected chi connectivity index (χ4v) is 5.03. The number of amides is 1. The highest BCUT2D eigenvalue weighted by atomic mass is 32.2. The Balaban J connectivity index is 1.86. The average Bonchev–Trinajstić information content (AvgIpc) is 2.73. The number of carbonyl (C=O) groups is 2. The highest BCUT2D eigenvalue weighted by Gasteiger charge is 2.28. The Morgan fingerprint density at radius 2 is 1.66 bits per heavy atom. The molecule has 7 nitrogen and oxygen atoms in total. The molecule has 1 amide bonds. The highest BCUT2D eigenvalue weighted by Crippen LogP contribution is 2.20. The summed E-state index contributed by atoms with van der Waals surface area (Å²) in [5, 5.41) is 0. The predicted octanol–water partition coefficient (Wildman–Crippen LogP) is 2.45. The summed E-state index contributed by atoms with van der Waals surface area (Å²) in [6, 6.07) is 6.77. The minimum atomic E-state index is -3.46. The lowest BCUT2D eigenvalue weighted by Crippen LogP contribution is -2.40. The maximum atomic E-state index is 12.5. The van der Waals surface area contributed by atoms with Crippen LogP contribution in [0.3, 0.4) is 0 Å². The van der Waals surface area contributed by atoms with Crippen LogP contribution in [0.15, 0.2) is 29.2 Å². The third-order valence-corrected chi connectivity index (χ3v) is 7.43. The van der Waals surface area contributed by atoms with Crippen LogP contribution in [0.2, 0.25) is 0 Å².